The quantitative estimate of drug-likeness (QED) is 0.543. The molecule has 0 saturated carbocycles. The van der Waals surface area contributed by atoms with Gasteiger partial charge in [0.1, 0.15) is 5.75 Å². The fraction of sp³-hybridized carbons (Fsp3) is 0.130. The van der Waals surface area contributed by atoms with Crippen molar-refractivity contribution in [3.63, 3.8) is 0 Å². The van der Waals surface area contributed by atoms with Gasteiger partial charge in [0.25, 0.3) is 11.8 Å². The average Bonchev–Trinajstić information content (AvgIpc) is 2.77. The molecule has 29 heavy (non-hydrogen) atoms. The van der Waals surface area contributed by atoms with Crippen molar-refractivity contribution < 1.29 is 14.3 Å². The lowest BCUT2D eigenvalue weighted by molar-refractivity contribution is -0.120. The molecule has 148 valence electrons. The molecule has 3 aromatic rings. The molecule has 0 heterocycles. The molecular formula is C23H23N3O3. The van der Waals surface area contributed by atoms with Crippen LogP contribution in [-0.2, 0) is 11.2 Å². The van der Waals surface area contributed by atoms with Crippen LogP contribution in [0.15, 0.2) is 78.9 Å². The van der Waals surface area contributed by atoms with E-state index >= 15 is 0 Å². The van der Waals surface area contributed by atoms with Gasteiger partial charge in [-0.05, 0) is 47.9 Å². The Kier molecular flexibility index (Phi) is 6.84. The summed E-state index contributed by atoms with van der Waals surface area (Å²) in [7, 11) is 1.59. The normalized spacial score (nSPS) is 10.1. The van der Waals surface area contributed by atoms with Crippen molar-refractivity contribution in [2.45, 2.75) is 6.42 Å². The van der Waals surface area contributed by atoms with Gasteiger partial charge >= 0.3 is 0 Å². The first-order valence-corrected chi connectivity index (χ1v) is 9.24. The van der Waals surface area contributed by atoms with Crippen molar-refractivity contribution in [1.29, 1.82) is 0 Å². The van der Waals surface area contributed by atoms with E-state index in [1.807, 2.05) is 54.6 Å². The summed E-state index contributed by atoms with van der Waals surface area (Å²) in [6.45, 7) is 0.0261. The predicted octanol–water partition coefficient (Wildman–Crippen LogP) is 3.16. The van der Waals surface area contributed by atoms with Gasteiger partial charge in [-0.25, -0.2) is 0 Å². The largest absolute Gasteiger partial charge is 0.497 e. The number of amides is 2. The Bertz CT molecular complexity index is 957. The van der Waals surface area contributed by atoms with Gasteiger partial charge in [-0.15, -0.1) is 0 Å². The summed E-state index contributed by atoms with van der Waals surface area (Å²) in [6.07, 6.45) is 0.636. The minimum Gasteiger partial charge on any atom is -0.497 e. The molecule has 0 saturated heterocycles. The van der Waals surface area contributed by atoms with E-state index in [2.05, 4.69) is 16.2 Å². The highest BCUT2D eigenvalue weighted by atomic mass is 16.5. The lowest BCUT2D eigenvalue weighted by Crippen LogP contribution is -2.44. The zero-order valence-corrected chi connectivity index (χ0v) is 16.1. The van der Waals surface area contributed by atoms with Gasteiger partial charge in [0.2, 0.25) is 0 Å². The number of carbonyl (C=O) groups excluding carboxylic acids is 2. The Hall–Kier alpha value is -3.80. The smallest absolute Gasteiger partial charge is 0.269 e. The lowest BCUT2D eigenvalue weighted by atomic mass is 9.99. The summed E-state index contributed by atoms with van der Waals surface area (Å²) in [5.74, 6) is 0.0328. The molecule has 0 bridgehead atoms. The molecule has 0 aliphatic rings. The van der Waals surface area contributed by atoms with E-state index in [0.717, 1.165) is 22.6 Å². The second-order valence-corrected chi connectivity index (χ2v) is 6.40. The Morgan fingerprint density at radius 2 is 1.52 bits per heavy atom. The molecule has 6 heteroatoms. The summed E-state index contributed by atoms with van der Waals surface area (Å²) < 4.78 is 5.09. The molecule has 0 aliphatic heterocycles. The SMILES string of the molecule is COc1ccc(NCC(=O)NNC(=O)c2ccccc2Cc2ccccc2)cc1. The van der Waals surface area contributed by atoms with Gasteiger partial charge in [-0.2, -0.15) is 0 Å². The maximum absolute atomic E-state index is 12.5. The zero-order valence-electron chi connectivity index (χ0n) is 16.1. The van der Waals surface area contributed by atoms with Gasteiger partial charge in [-0.1, -0.05) is 48.5 Å². The topological polar surface area (TPSA) is 79.5 Å². The summed E-state index contributed by atoms with van der Waals surface area (Å²) in [4.78, 5) is 24.6. The molecule has 0 unspecified atom stereocenters. The minimum atomic E-state index is -0.352. The van der Waals surface area contributed by atoms with Crippen molar-refractivity contribution in [2.24, 2.45) is 0 Å². The van der Waals surface area contributed by atoms with Crippen LogP contribution in [0.4, 0.5) is 5.69 Å². The fourth-order valence-corrected chi connectivity index (χ4v) is 2.84. The van der Waals surface area contributed by atoms with Crippen molar-refractivity contribution >= 4 is 17.5 Å². The molecule has 0 spiro atoms. The van der Waals surface area contributed by atoms with Gasteiger partial charge in [0.05, 0.1) is 13.7 Å². The van der Waals surface area contributed by atoms with E-state index in [4.69, 9.17) is 4.74 Å². The Morgan fingerprint density at radius 1 is 0.828 bits per heavy atom. The standard InChI is InChI=1S/C23H23N3O3/c1-29-20-13-11-19(12-14-20)24-16-22(27)25-26-23(28)21-10-6-5-9-18(21)15-17-7-3-2-4-8-17/h2-14,24H,15-16H2,1H3,(H,25,27)(H,26,28). The van der Waals surface area contributed by atoms with E-state index in [-0.39, 0.29) is 18.4 Å². The van der Waals surface area contributed by atoms with E-state index < -0.39 is 0 Å². The van der Waals surface area contributed by atoms with E-state index in [9.17, 15) is 9.59 Å². The predicted molar refractivity (Wildman–Crippen MR) is 113 cm³/mol. The highest BCUT2D eigenvalue weighted by Gasteiger charge is 2.12. The molecule has 0 atom stereocenters. The molecule has 0 aliphatic carbocycles. The molecule has 3 rings (SSSR count). The van der Waals surface area contributed by atoms with E-state index in [1.54, 1.807) is 31.4 Å². The second-order valence-electron chi connectivity index (χ2n) is 6.40. The number of hydrazine groups is 1. The molecule has 0 aromatic heterocycles. The minimum absolute atomic E-state index is 0.0261. The van der Waals surface area contributed by atoms with E-state index in [0.29, 0.717) is 12.0 Å². The second kappa shape index (κ2) is 9.94. The van der Waals surface area contributed by atoms with Crippen LogP contribution in [0.1, 0.15) is 21.5 Å². The van der Waals surface area contributed by atoms with Crippen LogP contribution in [0.25, 0.3) is 0 Å². The van der Waals surface area contributed by atoms with Crippen LogP contribution in [-0.4, -0.2) is 25.5 Å². The van der Waals surface area contributed by atoms with Crippen molar-refractivity contribution in [1.82, 2.24) is 10.9 Å². The molecule has 2 amide bonds. The fourth-order valence-electron chi connectivity index (χ4n) is 2.84. The third kappa shape index (κ3) is 5.84. The average molecular weight is 389 g/mol. The molecule has 6 nitrogen and oxygen atoms in total. The summed E-state index contributed by atoms with van der Waals surface area (Å²) in [6, 6.07) is 24.5. The lowest BCUT2D eigenvalue weighted by Gasteiger charge is -2.12. The highest BCUT2D eigenvalue weighted by Crippen LogP contribution is 2.15. The number of rotatable bonds is 7. The van der Waals surface area contributed by atoms with Gasteiger partial charge in [0, 0.05) is 11.3 Å². The summed E-state index contributed by atoms with van der Waals surface area (Å²) in [5.41, 5.74) is 8.23. The number of hydrogen-bond acceptors (Lipinski definition) is 4. The van der Waals surface area contributed by atoms with Crippen LogP contribution in [0, 0.1) is 0 Å². The first-order valence-electron chi connectivity index (χ1n) is 9.24. The van der Waals surface area contributed by atoms with Gasteiger partial charge in [0.15, 0.2) is 0 Å². The monoisotopic (exact) mass is 389 g/mol. The number of nitrogens with one attached hydrogen (secondary N) is 3. The van der Waals surface area contributed by atoms with Crippen molar-refractivity contribution in [3.8, 4) is 5.75 Å². The Labute approximate surface area is 169 Å². The van der Waals surface area contributed by atoms with Crippen LogP contribution in [0.3, 0.4) is 0 Å². The van der Waals surface area contributed by atoms with Gasteiger partial charge in [-0.3, -0.25) is 20.4 Å². The van der Waals surface area contributed by atoms with Crippen LogP contribution < -0.4 is 20.9 Å². The molecule has 0 radical (unpaired) electrons. The molecule has 3 N–H and O–H groups in total. The molecule has 0 fully saturated rings. The maximum atomic E-state index is 12.5. The number of ether oxygens (including phenoxy) is 1. The third-order valence-corrected chi connectivity index (χ3v) is 4.36. The van der Waals surface area contributed by atoms with Crippen molar-refractivity contribution in [2.75, 3.05) is 19.0 Å². The maximum Gasteiger partial charge on any atom is 0.269 e. The molecule has 3 aromatic carbocycles. The van der Waals surface area contributed by atoms with Crippen LogP contribution in [0.5, 0.6) is 5.75 Å². The molecular weight excluding hydrogens is 366 g/mol. The summed E-state index contributed by atoms with van der Waals surface area (Å²) >= 11 is 0. The number of carbonyl (C=O) groups is 2. The zero-order chi connectivity index (χ0) is 20.5. The van der Waals surface area contributed by atoms with Crippen LogP contribution in [0.2, 0.25) is 0 Å². The number of methoxy groups -OCH3 is 1. The number of benzene rings is 3. The van der Waals surface area contributed by atoms with E-state index in [1.165, 1.54) is 0 Å². The Balaban J connectivity index is 1.53. The third-order valence-electron chi connectivity index (χ3n) is 4.36. The number of anilines is 1. The van der Waals surface area contributed by atoms with Gasteiger partial charge < -0.3 is 10.1 Å². The van der Waals surface area contributed by atoms with Crippen LogP contribution >= 0.6 is 0 Å². The summed E-state index contributed by atoms with van der Waals surface area (Å²) in [5, 5.41) is 2.98. The first-order chi connectivity index (χ1) is 14.2. The first kappa shape index (κ1) is 19.9. The Morgan fingerprint density at radius 3 is 2.24 bits per heavy atom. The van der Waals surface area contributed by atoms with Crippen molar-refractivity contribution in [3.05, 3.63) is 95.6 Å². The number of hydrogen-bond donors (Lipinski definition) is 3. The highest BCUT2D eigenvalue weighted by molar-refractivity contribution is 5.97.